The Labute approximate surface area is 144 Å². The van der Waals surface area contributed by atoms with Gasteiger partial charge in [-0.15, -0.1) is 0 Å². The molecule has 0 saturated heterocycles. The quantitative estimate of drug-likeness (QED) is 0.660. The van der Waals surface area contributed by atoms with Crippen LogP contribution in [0, 0.1) is 17.6 Å². The predicted molar refractivity (Wildman–Crippen MR) is 88.4 cm³/mol. The molecular formula is C16H22F2N4O3. The molecule has 9 heteroatoms. The number of carbonyl (C=O) groups is 3. The molecule has 7 nitrogen and oxygen atoms in total. The van der Waals surface area contributed by atoms with E-state index >= 15 is 0 Å². The van der Waals surface area contributed by atoms with E-state index < -0.39 is 35.4 Å². The van der Waals surface area contributed by atoms with Crippen molar-refractivity contribution >= 4 is 23.4 Å². The zero-order valence-corrected chi connectivity index (χ0v) is 14.3. The fourth-order valence-electron chi connectivity index (χ4n) is 1.85. The van der Waals surface area contributed by atoms with Crippen LogP contribution in [0.2, 0.25) is 0 Å². The van der Waals surface area contributed by atoms with Gasteiger partial charge >= 0.3 is 0 Å². The van der Waals surface area contributed by atoms with Crippen LogP contribution in [0.15, 0.2) is 18.2 Å². The molecule has 3 amide bonds. The fraction of sp³-hybridized carbons (Fsp3) is 0.438. The molecule has 0 unspecified atom stereocenters. The number of benzene rings is 1. The summed E-state index contributed by atoms with van der Waals surface area (Å²) in [4.78, 5) is 36.5. The molecule has 0 saturated carbocycles. The molecule has 1 rings (SSSR count). The summed E-state index contributed by atoms with van der Waals surface area (Å²) in [6.45, 7) is 2.90. The Balaban J connectivity index is 2.48. The SMILES string of the molecule is CC(C)[C@H](N)C(=O)NCC(=O)N(C)CC(=O)Nc1cc(F)cc(F)c1. The lowest BCUT2D eigenvalue weighted by atomic mass is 10.1. The Bertz CT molecular complexity index is 632. The molecule has 0 aliphatic heterocycles. The molecule has 0 spiro atoms. The highest BCUT2D eigenvalue weighted by molar-refractivity contribution is 5.95. The summed E-state index contributed by atoms with van der Waals surface area (Å²) in [7, 11) is 1.36. The van der Waals surface area contributed by atoms with Crippen LogP contribution in [0.3, 0.4) is 0 Å². The molecule has 0 aliphatic carbocycles. The van der Waals surface area contributed by atoms with E-state index in [1.54, 1.807) is 13.8 Å². The zero-order chi connectivity index (χ0) is 19.1. The summed E-state index contributed by atoms with van der Waals surface area (Å²) < 4.78 is 26.1. The zero-order valence-electron chi connectivity index (χ0n) is 14.3. The Morgan fingerprint density at radius 2 is 1.72 bits per heavy atom. The van der Waals surface area contributed by atoms with Crippen molar-refractivity contribution in [3.8, 4) is 0 Å². The minimum Gasteiger partial charge on any atom is -0.346 e. The summed E-state index contributed by atoms with van der Waals surface area (Å²) in [6.07, 6.45) is 0. The molecule has 1 aromatic carbocycles. The van der Waals surface area contributed by atoms with Gasteiger partial charge in [0.1, 0.15) is 11.6 Å². The van der Waals surface area contributed by atoms with E-state index in [2.05, 4.69) is 10.6 Å². The predicted octanol–water partition coefficient (Wildman–Crippen LogP) is 0.461. The van der Waals surface area contributed by atoms with Gasteiger partial charge in [0, 0.05) is 18.8 Å². The third-order valence-electron chi connectivity index (χ3n) is 3.39. The molecule has 1 atom stereocenters. The summed E-state index contributed by atoms with van der Waals surface area (Å²) >= 11 is 0. The smallest absolute Gasteiger partial charge is 0.243 e. The van der Waals surface area contributed by atoms with E-state index in [0.717, 1.165) is 17.0 Å². The normalized spacial score (nSPS) is 11.8. The van der Waals surface area contributed by atoms with Crippen molar-refractivity contribution in [1.82, 2.24) is 10.2 Å². The topological polar surface area (TPSA) is 105 Å². The van der Waals surface area contributed by atoms with Crippen LogP contribution in [-0.2, 0) is 14.4 Å². The molecule has 138 valence electrons. The Hall–Kier alpha value is -2.55. The first kappa shape index (κ1) is 20.5. The molecule has 0 aliphatic rings. The minimum absolute atomic E-state index is 0.0560. The van der Waals surface area contributed by atoms with Crippen molar-refractivity contribution in [3.05, 3.63) is 29.8 Å². The maximum atomic E-state index is 13.1. The van der Waals surface area contributed by atoms with Crippen molar-refractivity contribution in [3.63, 3.8) is 0 Å². The van der Waals surface area contributed by atoms with Gasteiger partial charge in [-0.05, 0) is 18.1 Å². The lowest BCUT2D eigenvalue weighted by molar-refractivity contribution is -0.134. The molecule has 0 heterocycles. The van der Waals surface area contributed by atoms with Gasteiger partial charge in [-0.3, -0.25) is 14.4 Å². The number of nitrogens with two attached hydrogens (primary N) is 1. The van der Waals surface area contributed by atoms with Gasteiger partial charge in [0.15, 0.2) is 0 Å². The highest BCUT2D eigenvalue weighted by Crippen LogP contribution is 2.12. The van der Waals surface area contributed by atoms with Crippen molar-refractivity contribution in [1.29, 1.82) is 0 Å². The van der Waals surface area contributed by atoms with Crippen LogP contribution in [0.5, 0.6) is 0 Å². The van der Waals surface area contributed by atoms with E-state index in [1.165, 1.54) is 7.05 Å². The summed E-state index contributed by atoms with van der Waals surface area (Å²) in [5, 5.41) is 4.68. The molecule has 1 aromatic rings. The first-order chi connectivity index (χ1) is 11.6. The van der Waals surface area contributed by atoms with E-state index in [9.17, 15) is 23.2 Å². The van der Waals surface area contributed by atoms with Gasteiger partial charge in [-0.2, -0.15) is 0 Å². The van der Waals surface area contributed by atoms with E-state index in [4.69, 9.17) is 5.73 Å². The van der Waals surface area contributed by atoms with Gasteiger partial charge < -0.3 is 21.3 Å². The second-order valence-corrected chi connectivity index (χ2v) is 5.94. The second kappa shape index (κ2) is 9.07. The number of hydrogen-bond acceptors (Lipinski definition) is 4. The number of rotatable bonds is 7. The average molecular weight is 356 g/mol. The Morgan fingerprint density at radius 3 is 2.24 bits per heavy atom. The van der Waals surface area contributed by atoms with Crippen LogP contribution in [-0.4, -0.2) is 48.8 Å². The number of nitrogens with one attached hydrogen (secondary N) is 2. The third kappa shape index (κ3) is 6.84. The second-order valence-electron chi connectivity index (χ2n) is 5.94. The molecule has 0 fully saturated rings. The van der Waals surface area contributed by atoms with Gasteiger partial charge in [0.25, 0.3) is 0 Å². The Kier molecular flexibility index (Phi) is 7.43. The molecule has 0 bridgehead atoms. The number of anilines is 1. The number of halogens is 2. The molecule has 0 aromatic heterocycles. The Morgan fingerprint density at radius 1 is 1.16 bits per heavy atom. The van der Waals surface area contributed by atoms with Crippen molar-refractivity contribution in [2.45, 2.75) is 19.9 Å². The van der Waals surface area contributed by atoms with Crippen molar-refractivity contribution < 1.29 is 23.2 Å². The largest absolute Gasteiger partial charge is 0.346 e. The van der Waals surface area contributed by atoms with Crippen LogP contribution in [0.1, 0.15) is 13.8 Å². The van der Waals surface area contributed by atoms with E-state index in [1.807, 2.05) is 0 Å². The number of likely N-dealkylation sites (N-methyl/N-ethyl adjacent to an activating group) is 1. The average Bonchev–Trinajstić information content (AvgIpc) is 2.49. The lowest BCUT2D eigenvalue weighted by Gasteiger charge is -2.19. The number of hydrogen-bond donors (Lipinski definition) is 3. The summed E-state index contributed by atoms with van der Waals surface area (Å²) in [6, 6.07) is 1.85. The number of carbonyl (C=O) groups excluding carboxylic acids is 3. The van der Waals surface area contributed by atoms with Crippen LogP contribution in [0.4, 0.5) is 14.5 Å². The third-order valence-corrected chi connectivity index (χ3v) is 3.39. The maximum absolute atomic E-state index is 13.1. The van der Waals surface area contributed by atoms with Crippen LogP contribution >= 0.6 is 0 Å². The number of nitrogens with zero attached hydrogens (tertiary/aromatic N) is 1. The van der Waals surface area contributed by atoms with Gasteiger partial charge in [-0.25, -0.2) is 8.78 Å². The monoisotopic (exact) mass is 356 g/mol. The number of amides is 3. The fourth-order valence-corrected chi connectivity index (χ4v) is 1.85. The first-order valence-electron chi connectivity index (χ1n) is 7.63. The molecule has 25 heavy (non-hydrogen) atoms. The standard InChI is InChI=1S/C16H22F2N4O3/c1-9(2)15(19)16(25)20-7-14(24)22(3)8-13(23)21-12-5-10(17)4-11(18)6-12/h4-6,9,15H,7-8,19H2,1-3H3,(H,20,25)(H,21,23)/t15-/m0/s1. The highest BCUT2D eigenvalue weighted by atomic mass is 19.1. The summed E-state index contributed by atoms with van der Waals surface area (Å²) in [5.74, 6) is -3.34. The van der Waals surface area contributed by atoms with Gasteiger partial charge in [0.05, 0.1) is 19.1 Å². The molecule has 0 radical (unpaired) electrons. The highest BCUT2D eigenvalue weighted by Gasteiger charge is 2.19. The van der Waals surface area contributed by atoms with Gasteiger partial charge in [-0.1, -0.05) is 13.8 Å². The van der Waals surface area contributed by atoms with Crippen molar-refractivity contribution in [2.75, 3.05) is 25.5 Å². The van der Waals surface area contributed by atoms with E-state index in [-0.39, 0.29) is 24.7 Å². The maximum Gasteiger partial charge on any atom is 0.243 e. The van der Waals surface area contributed by atoms with Gasteiger partial charge in [0.2, 0.25) is 17.7 Å². The van der Waals surface area contributed by atoms with E-state index in [0.29, 0.717) is 6.07 Å². The minimum atomic E-state index is -0.830. The molecular weight excluding hydrogens is 334 g/mol. The lowest BCUT2D eigenvalue weighted by Crippen LogP contribution is -2.48. The molecule has 4 N–H and O–H groups in total. The van der Waals surface area contributed by atoms with Crippen LogP contribution in [0.25, 0.3) is 0 Å². The van der Waals surface area contributed by atoms with Crippen LogP contribution < -0.4 is 16.4 Å². The van der Waals surface area contributed by atoms with Crippen molar-refractivity contribution in [2.24, 2.45) is 11.7 Å². The first-order valence-corrected chi connectivity index (χ1v) is 7.63. The summed E-state index contributed by atoms with van der Waals surface area (Å²) in [5.41, 5.74) is 5.60.